The maximum Gasteiger partial charge on any atom is 0.435 e. The van der Waals surface area contributed by atoms with Crippen molar-refractivity contribution < 1.29 is 37.0 Å². The van der Waals surface area contributed by atoms with Gasteiger partial charge in [0.25, 0.3) is 5.91 Å². The highest BCUT2D eigenvalue weighted by Gasteiger charge is 2.36. The molecule has 4 aromatic rings. The molecule has 0 aliphatic rings. The Morgan fingerprint density at radius 3 is 2.48 bits per heavy atom. The van der Waals surface area contributed by atoms with Crippen molar-refractivity contribution in [2.75, 3.05) is 11.9 Å². The molecular weight excluding hydrogens is 556 g/mol. The molecule has 0 fully saturated rings. The fraction of sp³-hybridized carbons (Fsp3) is 0.233. The molecule has 0 saturated heterocycles. The van der Waals surface area contributed by atoms with Crippen LogP contribution in [0.4, 0.5) is 28.0 Å². The summed E-state index contributed by atoms with van der Waals surface area (Å²) in [7, 11) is 0. The molecule has 42 heavy (non-hydrogen) atoms. The van der Waals surface area contributed by atoms with Crippen LogP contribution in [0.3, 0.4) is 0 Å². The van der Waals surface area contributed by atoms with Crippen molar-refractivity contribution in [1.82, 2.24) is 15.1 Å². The van der Waals surface area contributed by atoms with Crippen LogP contribution in [0, 0.1) is 5.82 Å². The zero-order valence-corrected chi connectivity index (χ0v) is 22.5. The van der Waals surface area contributed by atoms with E-state index in [9.17, 15) is 27.9 Å². The zero-order chi connectivity index (χ0) is 30.3. The van der Waals surface area contributed by atoms with E-state index >= 15 is 4.39 Å². The molecule has 0 aliphatic carbocycles. The summed E-state index contributed by atoms with van der Waals surface area (Å²) >= 11 is 0. The van der Waals surface area contributed by atoms with Crippen LogP contribution in [0.25, 0.3) is 5.69 Å². The topological polar surface area (TPSA) is 105 Å². The Balaban J connectivity index is 1.60. The van der Waals surface area contributed by atoms with Crippen molar-refractivity contribution >= 4 is 17.7 Å². The molecule has 3 aromatic carbocycles. The van der Waals surface area contributed by atoms with Crippen LogP contribution in [-0.4, -0.2) is 33.5 Å². The molecule has 0 aliphatic heterocycles. The number of aliphatic hydroxyl groups is 1. The summed E-state index contributed by atoms with van der Waals surface area (Å²) in [6, 6.07) is 18.9. The summed E-state index contributed by atoms with van der Waals surface area (Å²) in [6.07, 6.45) is -5.30. The lowest BCUT2D eigenvalue weighted by Crippen LogP contribution is -2.24. The summed E-state index contributed by atoms with van der Waals surface area (Å²) in [6.45, 7) is 2.21. The third-order valence-electron chi connectivity index (χ3n) is 6.24. The smallest absolute Gasteiger partial charge is 0.435 e. The van der Waals surface area contributed by atoms with E-state index in [0.29, 0.717) is 23.6 Å². The molecule has 1 atom stereocenters. The van der Waals surface area contributed by atoms with Gasteiger partial charge in [-0.05, 0) is 35.7 Å². The van der Waals surface area contributed by atoms with Gasteiger partial charge < -0.3 is 20.5 Å². The van der Waals surface area contributed by atoms with Gasteiger partial charge >= 0.3 is 12.3 Å². The highest BCUT2D eigenvalue weighted by molar-refractivity contribution is 6.03. The van der Waals surface area contributed by atoms with E-state index in [1.807, 2.05) is 6.92 Å². The number of unbranched alkanes of at least 4 members (excludes halogenated alkanes) is 1. The molecular formula is C30H28F4N4O4. The first-order valence-corrected chi connectivity index (χ1v) is 13.1. The van der Waals surface area contributed by atoms with E-state index in [-0.39, 0.29) is 30.1 Å². The van der Waals surface area contributed by atoms with E-state index in [4.69, 9.17) is 4.74 Å². The fourth-order valence-corrected chi connectivity index (χ4v) is 4.07. The number of nitrogens with one attached hydrogen (secondary N) is 2. The van der Waals surface area contributed by atoms with Crippen LogP contribution in [0.1, 0.15) is 58.7 Å². The number of hydrogen-bond acceptors (Lipinski definition) is 5. The van der Waals surface area contributed by atoms with E-state index in [0.717, 1.165) is 11.1 Å². The quantitative estimate of drug-likeness (QED) is 0.148. The molecule has 0 bridgehead atoms. The van der Waals surface area contributed by atoms with Gasteiger partial charge in [0.2, 0.25) is 0 Å². The molecule has 1 unspecified atom stereocenters. The maximum atomic E-state index is 15.4. The van der Waals surface area contributed by atoms with Gasteiger partial charge in [0.1, 0.15) is 11.8 Å². The molecule has 1 aromatic heterocycles. The van der Waals surface area contributed by atoms with Crippen LogP contribution in [0.15, 0.2) is 78.9 Å². The number of aliphatic hydroxyl groups excluding tert-OH is 1. The molecule has 0 saturated carbocycles. The number of halogens is 4. The number of aromatic nitrogens is 2. The Morgan fingerprint density at radius 1 is 1.02 bits per heavy atom. The molecule has 3 N–H and O–H groups in total. The van der Waals surface area contributed by atoms with Gasteiger partial charge in [-0.2, -0.15) is 18.3 Å². The van der Waals surface area contributed by atoms with Crippen LogP contribution in [-0.2, 0) is 17.5 Å². The Morgan fingerprint density at radius 2 is 1.76 bits per heavy atom. The number of nitrogens with zero attached hydrogens (tertiary/aromatic N) is 2. The second-order valence-corrected chi connectivity index (χ2v) is 9.31. The van der Waals surface area contributed by atoms with Crippen LogP contribution >= 0.6 is 0 Å². The van der Waals surface area contributed by atoms with E-state index in [1.54, 1.807) is 36.4 Å². The summed E-state index contributed by atoms with van der Waals surface area (Å²) in [5.74, 6) is -2.01. The van der Waals surface area contributed by atoms with Gasteiger partial charge in [-0.1, -0.05) is 67.9 Å². The van der Waals surface area contributed by atoms with Gasteiger partial charge in [-0.3, -0.25) is 4.79 Å². The average molecular weight is 585 g/mol. The highest BCUT2D eigenvalue weighted by Crippen LogP contribution is 2.31. The van der Waals surface area contributed by atoms with Crippen LogP contribution in [0.5, 0.6) is 0 Å². The number of benzene rings is 3. The van der Waals surface area contributed by atoms with Crippen molar-refractivity contribution in [2.45, 2.75) is 38.6 Å². The number of carbonyl (C=O) groups excluding carboxylic acids is 2. The normalized spacial score (nSPS) is 12.0. The second-order valence-electron chi connectivity index (χ2n) is 9.31. The van der Waals surface area contributed by atoms with Gasteiger partial charge in [-0.15, -0.1) is 0 Å². The maximum absolute atomic E-state index is 15.4. The molecule has 2 amide bonds. The van der Waals surface area contributed by atoms with Crippen molar-refractivity contribution in [2.24, 2.45) is 0 Å². The molecule has 4 rings (SSSR count). The van der Waals surface area contributed by atoms with Crippen molar-refractivity contribution in [3.63, 3.8) is 0 Å². The highest BCUT2D eigenvalue weighted by atomic mass is 19.4. The minimum Gasteiger partial charge on any atom is -0.450 e. The lowest BCUT2D eigenvalue weighted by Gasteiger charge is -2.15. The van der Waals surface area contributed by atoms with Gasteiger partial charge in [0, 0.05) is 18.2 Å². The predicted octanol–water partition coefficient (Wildman–Crippen LogP) is 6.39. The Bertz CT molecular complexity index is 1540. The number of amides is 2. The number of anilines is 1. The summed E-state index contributed by atoms with van der Waals surface area (Å²) in [5, 5.41) is 19.1. The van der Waals surface area contributed by atoms with Crippen LogP contribution < -0.4 is 10.6 Å². The Labute approximate surface area is 238 Å². The predicted molar refractivity (Wildman–Crippen MR) is 147 cm³/mol. The minimum atomic E-state index is -4.87. The van der Waals surface area contributed by atoms with Gasteiger partial charge in [0.15, 0.2) is 11.5 Å². The Kier molecular flexibility index (Phi) is 9.58. The fourth-order valence-electron chi connectivity index (χ4n) is 4.07. The lowest BCUT2D eigenvalue weighted by molar-refractivity contribution is -0.141. The first kappa shape index (κ1) is 30.3. The zero-order valence-electron chi connectivity index (χ0n) is 22.5. The summed E-state index contributed by atoms with van der Waals surface area (Å²) < 4.78 is 62.0. The largest absolute Gasteiger partial charge is 0.450 e. The first-order valence-electron chi connectivity index (χ1n) is 13.1. The van der Waals surface area contributed by atoms with Gasteiger partial charge in [0.05, 0.1) is 18.0 Å². The standard InChI is InChI=1S/C30H28F4N4O4/c1-2-3-15-42-29(41)35-18-19-9-7-12-21(16-19)38-24(17-25(37-38)30(32,33)34)28(40)36-23-14-8-13-22(26(23)31)27(39)20-10-5-4-6-11-20/h4-14,16-17,27,39H,2-3,15,18H2,1H3,(H,35,41)(H,36,40). The van der Waals surface area contributed by atoms with Crippen molar-refractivity contribution in [3.05, 3.63) is 113 Å². The number of ether oxygens (including phenoxy) is 1. The molecule has 0 radical (unpaired) electrons. The number of alkyl halides is 3. The molecule has 12 heteroatoms. The first-order chi connectivity index (χ1) is 20.1. The van der Waals surface area contributed by atoms with E-state index in [2.05, 4.69) is 15.7 Å². The van der Waals surface area contributed by atoms with Crippen molar-refractivity contribution in [1.29, 1.82) is 0 Å². The number of carbonyl (C=O) groups is 2. The average Bonchev–Trinajstić information content (AvgIpc) is 3.44. The summed E-state index contributed by atoms with van der Waals surface area (Å²) in [4.78, 5) is 25.1. The lowest BCUT2D eigenvalue weighted by atomic mass is 10.0. The molecule has 8 nitrogen and oxygen atoms in total. The molecule has 0 spiro atoms. The SMILES string of the molecule is CCCCOC(=O)NCc1cccc(-n2nc(C(F)(F)F)cc2C(=O)Nc2cccc(C(O)c3ccccc3)c2F)c1. The summed E-state index contributed by atoms with van der Waals surface area (Å²) in [5.41, 5.74) is -1.29. The Hall–Kier alpha value is -4.71. The number of hydrogen-bond donors (Lipinski definition) is 3. The number of alkyl carbamates (subject to hydrolysis) is 1. The minimum absolute atomic E-state index is 0.00939. The third-order valence-corrected chi connectivity index (χ3v) is 6.24. The van der Waals surface area contributed by atoms with Crippen LogP contribution in [0.2, 0.25) is 0 Å². The van der Waals surface area contributed by atoms with Gasteiger partial charge in [-0.25, -0.2) is 13.9 Å². The second kappa shape index (κ2) is 13.3. The van der Waals surface area contributed by atoms with Crippen molar-refractivity contribution in [3.8, 4) is 5.69 Å². The molecule has 1 heterocycles. The molecule has 220 valence electrons. The van der Waals surface area contributed by atoms with E-state index < -0.39 is 41.5 Å². The monoisotopic (exact) mass is 584 g/mol. The number of rotatable bonds is 10. The third kappa shape index (κ3) is 7.32. The van der Waals surface area contributed by atoms with E-state index in [1.165, 1.54) is 36.4 Å².